The highest BCUT2D eigenvalue weighted by Crippen LogP contribution is 2.26. The number of nitrogens with one attached hydrogen (secondary N) is 2. The van der Waals surface area contributed by atoms with Crippen LogP contribution in [-0.4, -0.2) is 35.5 Å². The second-order valence-electron chi connectivity index (χ2n) is 6.97. The average Bonchev–Trinajstić information content (AvgIpc) is 3.03. The van der Waals surface area contributed by atoms with Gasteiger partial charge in [0.15, 0.2) is 5.88 Å². The van der Waals surface area contributed by atoms with Gasteiger partial charge in [0.2, 0.25) is 0 Å². The molecule has 1 unspecified atom stereocenters. The maximum Gasteiger partial charge on any atom is 0.198 e. The van der Waals surface area contributed by atoms with E-state index in [1.165, 1.54) is 19.3 Å². The van der Waals surface area contributed by atoms with Crippen molar-refractivity contribution in [2.24, 2.45) is 4.99 Å². The summed E-state index contributed by atoms with van der Waals surface area (Å²) in [6.45, 7) is 1.85. The number of para-hydroxylation sites is 1. The van der Waals surface area contributed by atoms with E-state index >= 15 is 0 Å². The lowest BCUT2D eigenvalue weighted by Gasteiger charge is -2.23. The molecule has 0 bridgehead atoms. The molecule has 0 aliphatic carbocycles. The number of hydrogen-bond acceptors (Lipinski definition) is 4. The minimum atomic E-state index is 0.135. The highest BCUT2D eigenvalue weighted by Gasteiger charge is 2.12. The Kier molecular flexibility index (Phi) is 5.39. The van der Waals surface area contributed by atoms with Gasteiger partial charge < -0.3 is 20.1 Å². The van der Waals surface area contributed by atoms with Gasteiger partial charge in [-0.1, -0.05) is 24.6 Å². The summed E-state index contributed by atoms with van der Waals surface area (Å²) < 4.78 is 5.85. The predicted molar refractivity (Wildman–Crippen MR) is 109 cm³/mol. The Morgan fingerprint density at radius 2 is 1.96 bits per heavy atom. The first-order valence-corrected chi connectivity index (χ1v) is 9.59. The summed E-state index contributed by atoms with van der Waals surface area (Å²) in [6, 6.07) is 16.1. The largest absolute Gasteiger partial charge is 0.494 e. The van der Waals surface area contributed by atoms with Crippen LogP contribution in [0.3, 0.4) is 0 Å². The lowest BCUT2D eigenvalue weighted by molar-refractivity contribution is 0.268. The van der Waals surface area contributed by atoms with E-state index in [-0.39, 0.29) is 5.88 Å². The van der Waals surface area contributed by atoms with Crippen LogP contribution in [-0.2, 0) is 0 Å². The van der Waals surface area contributed by atoms with Crippen LogP contribution in [0, 0.1) is 0 Å². The summed E-state index contributed by atoms with van der Waals surface area (Å²) >= 11 is 0. The molecule has 3 N–H and O–H groups in total. The number of H-pyrrole nitrogens is 1. The Morgan fingerprint density at radius 3 is 2.78 bits per heavy atom. The molecule has 3 aromatic rings. The molecule has 0 amide bonds. The Hall–Kier alpha value is -2.79. The van der Waals surface area contributed by atoms with E-state index in [9.17, 15) is 5.11 Å². The van der Waals surface area contributed by atoms with E-state index in [1.807, 2.05) is 48.5 Å². The number of benzene rings is 2. The molecule has 1 aliphatic rings. The molecule has 27 heavy (non-hydrogen) atoms. The van der Waals surface area contributed by atoms with Gasteiger partial charge in [-0.25, -0.2) is 0 Å². The third kappa shape index (κ3) is 4.31. The van der Waals surface area contributed by atoms with Crippen molar-refractivity contribution in [3.05, 3.63) is 54.1 Å². The van der Waals surface area contributed by atoms with Crippen molar-refractivity contribution >= 4 is 22.8 Å². The van der Waals surface area contributed by atoms with Crippen molar-refractivity contribution in [2.45, 2.75) is 31.7 Å². The molecular weight excluding hydrogens is 338 g/mol. The van der Waals surface area contributed by atoms with Gasteiger partial charge in [0.1, 0.15) is 5.75 Å². The number of fused-ring (bicyclic) bond motifs is 1. The van der Waals surface area contributed by atoms with Gasteiger partial charge in [-0.2, -0.15) is 0 Å². The minimum absolute atomic E-state index is 0.135. The molecule has 0 saturated carbocycles. The maximum absolute atomic E-state index is 10.1. The number of ether oxygens (including phenoxy) is 1. The quantitative estimate of drug-likeness (QED) is 0.563. The predicted octanol–water partition coefficient (Wildman–Crippen LogP) is 4.54. The maximum atomic E-state index is 10.1. The van der Waals surface area contributed by atoms with Gasteiger partial charge in [-0.15, -0.1) is 0 Å². The molecule has 140 valence electrons. The van der Waals surface area contributed by atoms with E-state index < -0.39 is 0 Å². The van der Waals surface area contributed by atoms with Gasteiger partial charge in [0.05, 0.1) is 17.9 Å². The van der Waals surface area contributed by atoms with E-state index in [0.29, 0.717) is 11.6 Å². The van der Waals surface area contributed by atoms with Crippen molar-refractivity contribution < 1.29 is 9.84 Å². The number of piperidine rings is 1. The Balaban J connectivity index is 1.36. The smallest absolute Gasteiger partial charge is 0.198 e. The molecule has 5 heteroatoms. The van der Waals surface area contributed by atoms with Crippen LogP contribution in [0.1, 0.15) is 31.2 Å². The molecule has 4 rings (SSSR count). The van der Waals surface area contributed by atoms with Gasteiger partial charge in [0.25, 0.3) is 0 Å². The second kappa shape index (κ2) is 8.27. The Bertz CT molecular complexity index is 909. The van der Waals surface area contributed by atoms with Crippen molar-refractivity contribution in [3.63, 3.8) is 0 Å². The number of aromatic amines is 1. The van der Waals surface area contributed by atoms with Gasteiger partial charge in [-0.05, 0) is 56.1 Å². The molecule has 5 nitrogen and oxygen atoms in total. The van der Waals surface area contributed by atoms with E-state index in [1.54, 1.807) is 6.21 Å². The van der Waals surface area contributed by atoms with Gasteiger partial charge >= 0.3 is 0 Å². The highest BCUT2D eigenvalue weighted by molar-refractivity contribution is 6.02. The fraction of sp³-hybridized carbons (Fsp3) is 0.318. The minimum Gasteiger partial charge on any atom is -0.494 e. The van der Waals surface area contributed by atoms with E-state index in [2.05, 4.69) is 15.3 Å². The lowest BCUT2D eigenvalue weighted by Crippen LogP contribution is -2.35. The summed E-state index contributed by atoms with van der Waals surface area (Å²) in [7, 11) is 0. The van der Waals surface area contributed by atoms with Gasteiger partial charge in [0, 0.05) is 23.2 Å². The zero-order chi connectivity index (χ0) is 18.5. The van der Waals surface area contributed by atoms with E-state index in [0.717, 1.165) is 41.9 Å². The summed E-state index contributed by atoms with van der Waals surface area (Å²) in [4.78, 5) is 7.45. The zero-order valence-electron chi connectivity index (χ0n) is 15.3. The van der Waals surface area contributed by atoms with Crippen LogP contribution in [0.2, 0.25) is 0 Å². The van der Waals surface area contributed by atoms with Crippen LogP contribution in [0.15, 0.2) is 53.5 Å². The zero-order valence-corrected chi connectivity index (χ0v) is 15.3. The molecule has 1 saturated heterocycles. The molecular formula is C22H25N3O2. The number of nitrogens with zero attached hydrogens (tertiary/aromatic N) is 1. The number of aliphatic imine (C=N–C) groups is 1. The lowest BCUT2D eigenvalue weighted by atomic mass is 10.0. The third-order valence-corrected chi connectivity index (χ3v) is 5.05. The van der Waals surface area contributed by atoms with Crippen LogP contribution < -0.4 is 10.1 Å². The molecule has 0 spiro atoms. The summed E-state index contributed by atoms with van der Waals surface area (Å²) in [5.74, 6) is 0.996. The van der Waals surface area contributed by atoms with Crippen molar-refractivity contribution in [3.8, 4) is 11.6 Å². The monoisotopic (exact) mass is 363 g/mol. The van der Waals surface area contributed by atoms with E-state index in [4.69, 9.17) is 4.74 Å². The fourth-order valence-electron chi connectivity index (χ4n) is 3.54. The SMILES string of the molecule is Oc1[nH]c2ccccc2c1C=Nc1ccc(OCCC2CCCCN2)cc1. The number of aromatic hydroxyl groups is 1. The van der Waals surface area contributed by atoms with Crippen molar-refractivity contribution in [2.75, 3.05) is 13.2 Å². The first-order chi connectivity index (χ1) is 13.3. The number of hydrogen-bond donors (Lipinski definition) is 3. The fourth-order valence-corrected chi connectivity index (χ4v) is 3.54. The molecule has 1 fully saturated rings. The second-order valence-corrected chi connectivity index (χ2v) is 6.97. The Morgan fingerprint density at radius 1 is 1.11 bits per heavy atom. The average molecular weight is 363 g/mol. The number of aromatic nitrogens is 1. The molecule has 2 heterocycles. The molecule has 0 radical (unpaired) electrons. The first-order valence-electron chi connectivity index (χ1n) is 9.59. The Labute approximate surface area is 159 Å². The molecule has 1 aliphatic heterocycles. The standard InChI is InChI=1S/C22H25N3O2/c26-22-20(19-6-1-2-7-21(19)25-22)15-24-17-8-10-18(11-9-17)27-14-12-16-5-3-4-13-23-16/h1-2,6-11,15-16,23,25-26H,3-5,12-14H2. The van der Waals surface area contributed by atoms with Crippen LogP contribution >= 0.6 is 0 Å². The molecule has 1 aromatic heterocycles. The van der Waals surface area contributed by atoms with Crippen LogP contribution in [0.25, 0.3) is 10.9 Å². The topological polar surface area (TPSA) is 69.6 Å². The summed E-state index contributed by atoms with van der Waals surface area (Å²) in [5, 5.41) is 14.6. The summed E-state index contributed by atoms with van der Waals surface area (Å²) in [5.41, 5.74) is 2.42. The summed E-state index contributed by atoms with van der Waals surface area (Å²) in [6.07, 6.45) is 6.59. The van der Waals surface area contributed by atoms with Crippen molar-refractivity contribution in [1.82, 2.24) is 10.3 Å². The van der Waals surface area contributed by atoms with Crippen LogP contribution in [0.5, 0.6) is 11.6 Å². The molecule has 2 aromatic carbocycles. The molecule has 1 atom stereocenters. The third-order valence-electron chi connectivity index (χ3n) is 5.05. The number of rotatable bonds is 6. The highest BCUT2D eigenvalue weighted by atomic mass is 16.5. The van der Waals surface area contributed by atoms with Gasteiger partial charge in [-0.3, -0.25) is 4.99 Å². The normalized spacial score (nSPS) is 17.6. The van der Waals surface area contributed by atoms with Crippen LogP contribution in [0.4, 0.5) is 5.69 Å². The first kappa shape index (κ1) is 17.6. The van der Waals surface area contributed by atoms with Crippen molar-refractivity contribution in [1.29, 1.82) is 0 Å².